The average molecular weight is 266 g/mol. The van der Waals surface area contributed by atoms with Crippen molar-refractivity contribution in [2.24, 2.45) is 0 Å². The Labute approximate surface area is 106 Å². The highest BCUT2D eigenvalue weighted by Gasteiger charge is 2.08. The average Bonchev–Trinajstić information content (AvgIpc) is 2.79. The van der Waals surface area contributed by atoms with E-state index in [1.165, 1.54) is 6.07 Å². The van der Waals surface area contributed by atoms with Gasteiger partial charge in [0.25, 0.3) is 0 Å². The molecule has 0 amide bonds. The predicted octanol–water partition coefficient (Wildman–Crippen LogP) is 2.04. The quantitative estimate of drug-likeness (QED) is 0.857. The summed E-state index contributed by atoms with van der Waals surface area (Å²) in [5, 5.41) is 15.7. The van der Waals surface area contributed by atoms with E-state index < -0.39 is 17.6 Å². The van der Waals surface area contributed by atoms with Crippen molar-refractivity contribution in [1.82, 2.24) is 10.2 Å². The summed E-state index contributed by atoms with van der Waals surface area (Å²) < 4.78 is 30.8. The molecule has 0 aliphatic rings. The molecule has 5 nitrogen and oxygen atoms in total. The van der Waals surface area contributed by atoms with E-state index in [9.17, 15) is 13.6 Å². The largest absolute Gasteiger partial charge is 0.478 e. The number of aromatic nitrogens is 2. The maximum Gasteiger partial charge on any atom is 0.328 e. The van der Waals surface area contributed by atoms with Gasteiger partial charge in [-0.1, -0.05) is 6.07 Å². The second-order valence-electron chi connectivity index (χ2n) is 3.63. The standard InChI is InChI=1S/C12H8F2N2O3/c13-8-2-1-7(5-9(8)14)6-11-16-15-10(19-11)3-4-12(17)18/h1-5H,6H2,(H,17,18)/b4-3+. The van der Waals surface area contributed by atoms with Gasteiger partial charge >= 0.3 is 5.97 Å². The smallest absolute Gasteiger partial charge is 0.328 e. The summed E-state index contributed by atoms with van der Waals surface area (Å²) in [5.74, 6) is -2.82. The van der Waals surface area contributed by atoms with E-state index in [-0.39, 0.29) is 18.2 Å². The summed E-state index contributed by atoms with van der Waals surface area (Å²) in [6.45, 7) is 0. The molecule has 2 aromatic rings. The number of hydrogen-bond donors (Lipinski definition) is 1. The number of benzene rings is 1. The van der Waals surface area contributed by atoms with Crippen LogP contribution in [-0.2, 0) is 11.2 Å². The van der Waals surface area contributed by atoms with Crippen LogP contribution in [-0.4, -0.2) is 21.3 Å². The van der Waals surface area contributed by atoms with Crippen LogP contribution in [0.3, 0.4) is 0 Å². The lowest BCUT2D eigenvalue weighted by molar-refractivity contribution is -0.131. The van der Waals surface area contributed by atoms with Crippen molar-refractivity contribution in [2.45, 2.75) is 6.42 Å². The molecular formula is C12H8F2N2O3. The lowest BCUT2D eigenvalue weighted by atomic mass is 10.1. The molecule has 1 aromatic heterocycles. The Morgan fingerprint density at radius 1 is 1.32 bits per heavy atom. The summed E-state index contributed by atoms with van der Waals surface area (Å²) in [6, 6.07) is 3.44. The summed E-state index contributed by atoms with van der Waals surface area (Å²) in [6.07, 6.45) is 2.13. The van der Waals surface area contributed by atoms with Crippen molar-refractivity contribution in [3.63, 3.8) is 0 Å². The molecule has 7 heteroatoms. The first kappa shape index (κ1) is 12.9. The van der Waals surface area contributed by atoms with Gasteiger partial charge in [0.1, 0.15) is 0 Å². The molecule has 2 rings (SSSR count). The van der Waals surface area contributed by atoms with E-state index in [2.05, 4.69) is 10.2 Å². The summed E-state index contributed by atoms with van der Waals surface area (Å²) >= 11 is 0. The third-order valence-corrected chi connectivity index (χ3v) is 2.19. The lowest BCUT2D eigenvalue weighted by Gasteiger charge is -1.97. The summed E-state index contributed by atoms with van der Waals surface area (Å²) in [5.41, 5.74) is 0.469. The lowest BCUT2D eigenvalue weighted by Crippen LogP contribution is -1.91. The van der Waals surface area contributed by atoms with Crippen LogP contribution in [0.5, 0.6) is 0 Å². The first-order valence-corrected chi connectivity index (χ1v) is 5.22. The Morgan fingerprint density at radius 2 is 2.11 bits per heavy atom. The minimum Gasteiger partial charge on any atom is -0.478 e. The van der Waals surface area contributed by atoms with Gasteiger partial charge in [-0.3, -0.25) is 0 Å². The van der Waals surface area contributed by atoms with Crippen LogP contribution in [0.15, 0.2) is 28.7 Å². The summed E-state index contributed by atoms with van der Waals surface area (Å²) in [4.78, 5) is 10.3. The van der Waals surface area contributed by atoms with Gasteiger partial charge in [-0.05, 0) is 17.7 Å². The number of hydrogen-bond acceptors (Lipinski definition) is 4. The molecule has 19 heavy (non-hydrogen) atoms. The minimum atomic E-state index is -1.14. The van der Waals surface area contributed by atoms with Crippen LogP contribution < -0.4 is 0 Å². The molecule has 98 valence electrons. The number of carbonyl (C=O) groups is 1. The maximum absolute atomic E-state index is 13.0. The van der Waals surface area contributed by atoms with Gasteiger partial charge in [0.2, 0.25) is 11.8 Å². The van der Waals surface area contributed by atoms with E-state index in [0.29, 0.717) is 5.56 Å². The second-order valence-corrected chi connectivity index (χ2v) is 3.63. The van der Waals surface area contributed by atoms with Crippen molar-refractivity contribution in [2.75, 3.05) is 0 Å². The highest BCUT2D eigenvalue weighted by molar-refractivity contribution is 5.84. The number of nitrogens with zero attached hydrogens (tertiary/aromatic N) is 2. The van der Waals surface area contributed by atoms with Crippen molar-refractivity contribution >= 4 is 12.0 Å². The fourth-order valence-electron chi connectivity index (χ4n) is 1.37. The Bertz CT molecular complexity index is 638. The molecule has 0 saturated heterocycles. The van der Waals surface area contributed by atoms with Gasteiger partial charge in [-0.2, -0.15) is 0 Å². The fourth-order valence-corrected chi connectivity index (χ4v) is 1.37. The molecule has 0 atom stereocenters. The molecule has 0 aliphatic carbocycles. The topological polar surface area (TPSA) is 76.2 Å². The number of halogens is 2. The van der Waals surface area contributed by atoms with Gasteiger partial charge < -0.3 is 9.52 Å². The van der Waals surface area contributed by atoms with Gasteiger partial charge in [0.15, 0.2) is 11.6 Å². The molecule has 1 N–H and O–H groups in total. The zero-order valence-electron chi connectivity index (χ0n) is 9.51. The highest BCUT2D eigenvalue weighted by atomic mass is 19.2. The van der Waals surface area contributed by atoms with Crippen molar-refractivity contribution in [1.29, 1.82) is 0 Å². The Balaban J connectivity index is 2.11. The number of carboxylic acids is 1. The van der Waals surface area contributed by atoms with E-state index in [1.54, 1.807) is 0 Å². The zero-order valence-corrected chi connectivity index (χ0v) is 9.51. The van der Waals surface area contributed by atoms with Gasteiger partial charge in [-0.15, -0.1) is 10.2 Å². The molecule has 0 spiro atoms. The minimum absolute atomic E-state index is 0.0278. The molecule has 1 aromatic carbocycles. The second kappa shape index (κ2) is 5.38. The molecular weight excluding hydrogens is 258 g/mol. The molecule has 0 fully saturated rings. The van der Waals surface area contributed by atoms with Crippen LogP contribution >= 0.6 is 0 Å². The Hall–Kier alpha value is -2.57. The van der Waals surface area contributed by atoms with Crippen molar-refractivity contribution < 1.29 is 23.1 Å². The molecule has 1 heterocycles. The Morgan fingerprint density at radius 3 is 2.79 bits per heavy atom. The van der Waals surface area contributed by atoms with Gasteiger partial charge in [-0.25, -0.2) is 13.6 Å². The van der Waals surface area contributed by atoms with E-state index in [1.807, 2.05) is 0 Å². The molecule has 0 radical (unpaired) electrons. The highest BCUT2D eigenvalue weighted by Crippen LogP contribution is 2.13. The number of carboxylic acid groups (broad SMARTS) is 1. The zero-order chi connectivity index (χ0) is 13.8. The summed E-state index contributed by atoms with van der Waals surface area (Å²) in [7, 11) is 0. The normalized spacial score (nSPS) is 11.1. The van der Waals surface area contributed by atoms with E-state index >= 15 is 0 Å². The SMILES string of the molecule is O=C(O)/C=C/c1nnc(Cc2ccc(F)c(F)c2)o1. The van der Waals surface area contributed by atoms with Crippen LogP contribution in [0, 0.1) is 11.6 Å². The number of aliphatic carboxylic acids is 1. The fraction of sp³-hybridized carbons (Fsp3) is 0.0833. The van der Waals surface area contributed by atoms with Crippen molar-refractivity contribution in [3.05, 3.63) is 53.3 Å². The third-order valence-electron chi connectivity index (χ3n) is 2.19. The van der Waals surface area contributed by atoms with Crippen LogP contribution in [0.1, 0.15) is 17.3 Å². The predicted molar refractivity (Wildman–Crippen MR) is 60.1 cm³/mol. The monoisotopic (exact) mass is 266 g/mol. The number of rotatable bonds is 4. The van der Waals surface area contributed by atoms with E-state index in [4.69, 9.17) is 9.52 Å². The maximum atomic E-state index is 13.0. The van der Waals surface area contributed by atoms with Gasteiger partial charge in [0.05, 0.1) is 6.42 Å². The van der Waals surface area contributed by atoms with Crippen LogP contribution in [0.2, 0.25) is 0 Å². The molecule has 0 saturated carbocycles. The molecule has 0 unspecified atom stereocenters. The van der Waals surface area contributed by atoms with E-state index in [0.717, 1.165) is 24.3 Å². The van der Waals surface area contributed by atoms with Crippen molar-refractivity contribution in [3.8, 4) is 0 Å². The molecule has 0 aliphatic heterocycles. The first-order chi connectivity index (χ1) is 9.04. The van der Waals surface area contributed by atoms with Crippen LogP contribution in [0.4, 0.5) is 8.78 Å². The molecule has 0 bridgehead atoms. The third kappa shape index (κ3) is 3.44. The van der Waals surface area contributed by atoms with Crippen LogP contribution in [0.25, 0.3) is 6.08 Å². The van der Waals surface area contributed by atoms with Gasteiger partial charge in [0, 0.05) is 12.2 Å². The Kier molecular flexibility index (Phi) is 3.65. The first-order valence-electron chi connectivity index (χ1n) is 5.22.